The van der Waals surface area contributed by atoms with Gasteiger partial charge in [-0.3, -0.25) is 0 Å². The molecule has 2 aromatic heterocycles. The van der Waals surface area contributed by atoms with Crippen molar-refractivity contribution in [2.45, 2.75) is 52.4 Å². The fourth-order valence-corrected chi connectivity index (χ4v) is 8.04. The van der Waals surface area contributed by atoms with Gasteiger partial charge >= 0.3 is 0 Å². The van der Waals surface area contributed by atoms with Crippen LogP contribution >= 0.6 is 0 Å². The van der Waals surface area contributed by atoms with Gasteiger partial charge in [-0.2, -0.15) is 6.07 Å². The molecule has 0 aliphatic carbocycles. The SMILES string of the molecule is [2H]c1c([2H])c(C(C)(C)C)c([2H])c([2H])c1-c1cc(Oc2[c-]c3c(cc2)c2ccccc2n3-c2cc(C(C)(C)C)ccn2)[c-]c(N2[CH-]N(c3ccccc3-c3ccc(F)cc3)c3ccccc32)c1.[Pt]. The number of pyridine rings is 1. The van der Waals surface area contributed by atoms with Crippen LogP contribution in [0.4, 0.5) is 27.1 Å². The summed E-state index contributed by atoms with van der Waals surface area (Å²) >= 11 is 0. The van der Waals surface area contributed by atoms with Crippen LogP contribution in [0.3, 0.4) is 0 Å². The maximum absolute atomic E-state index is 14.1. The van der Waals surface area contributed by atoms with E-state index < -0.39 is 5.41 Å². The number of para-hydroxylation sites is 4. The van der Waals surface area contributed by atoms with Crippen LogP contribution in [0.5, 0.6) is 11.5 Å². The Hall–Kier alpha value is -6.49. The minimum Gasteiger partial charge on any atom is -0.509 e. The molecule has 0 atom stereocenters. The van der Waals surface area contributed by atoms with Crippen LogP contribution in [0.2, 0.25) is 0 Å². The summed E-state index contributed by atoms with van der Waals surface area (Å²) in [4.78, 5) is 8.89. The number of hydrogen-bond acceptors (Lipinski definition) is 4. The van der Waals surface area contributed by atoms with Crippen molar-refractivity contribution in [3.8, 4) is 39.6 Å². The van der Waals surface area contributed by atoms with Crippen molar-refractivity contribution in [3.05, 3.63) is 200 Å². The number of fused-ring (bicyclic) bond motifs is 4. The van der Waals surface area contributed by atoms with Gasteiger partial charge in [-0.25, -0.2) is 9.37 Å². The first kappa shape index (κ1) is 37.1. The summed E-state index contributed by atoms with van der Waals surface area (Å²) < 4.78 is 59.9. The van der Waals surface area contributed by atoms with Gasteiger partial charge in [0.15, 0.2) is 0 Å². The van der Waals surface area contributed by atoms with Crippen LogP contribution in [-0.2, 0) is 31.9 Å². The van der Waals surface area contributed by atoms with Crippen LogP contribution in [0.25, 0.3) is 49.9 Å². The number of hydrogen-bond donors (Lipinski definition) is 0. The van der Waals surface area contributed by atoms with E-state index >= 15 is 0 Å². The first-order valence-electron chi connectivity index (χ1n) is 22.7. The molecule has 316 valence electrons. The Bertz CT molecular complexity index is 3350. The van der Waals surface area contributed by atoms with Crippen LogP contribution in [-0.4, -0.2) is 9.55 Å². The number of anilines is 4. The predicted molar refractivity (Wildman–Crippen MR) is 252 cm³/mol. The van der Waals surface area contributed by atoms with Gasteiger partial charge < -0.3 is 19.1 Å². The summed E-state index contributed by atoms with van der Waals surface area (Å²) in [5.74, 6) is 1.13. The van der Waals surface area contributed by atoms with Crippen LogP contribution in [0.15, 0.2) is 164 Å². The van der Waals surface area contributed by atoms with E-state index in [1.54, 1.807) is 18.2 Å². The quantitative estimate of drug-likeness (QED) is 0.149. The second kappa shape index (κ2) is 16.3. The summed E-state index contributed by atoms with van der Waals surface area (Å²) in [7, 11) is 0. The van der Waals surface area contributed by atoms with Crippen molar-refractivity contribution >= 4 is 44.6 Å². The third-order valence-electron chi connectivity index (χ3n) is 11.3. The number of nitrogens with zero attached hydrogens (tertiary/aromatic N) is 4. The van der Waals surface area contributed by atoms with E-state index in [0.29, 0.717) is 22.6 Å². The summed E-state index contributed by atoms with van der Waals surface area (Å²) in [6.07, 6.45) is 1.84. The molecule has 0 saturated carbocycles. The van der Waals surface area contributed by atoms with Crippen molar-refractivity contribution in [2.75, 3.05) is 9.80 Å². The number of halogens is 1. The summed E-state index contributed by atoms with van der Waals surface area (Å²) in [5, 5.41) is 2.02. The molecular weight excluding hydrogens is 959 g/mol. The van der Waals surface area contributed by atoms with Gasteiger partial charge in [-0.15, -0.1) is 53.6 Å². The van der Waals surface area contributed by atoms with Crippen LogP contribution in [0.1, 0.15) is 58.2 Å². The van der Waals surface area contributed by atoms with E-state index in [0.717, 1.165) is 61.4 Å². The van der Waals surface area contributed by atoms with Crippen molar-refractivity contribution < 1.29 is 35.7 Å². The van der Waals surface area contributed by atoms with E-state index in [9.17, 15) is 7.13 Å². The Morgan fingerprint density at radius 3 is 2.00 bits per heavy atom. The van der Waals surface area contributed by atoms with Gasteiger partial charge in [-0.05, 0) is 87.0 Å². The molecule has 10 rings (SSSR count). The standard InChI is InChI=1S/C56H46FN4O.Pt/c1-55(2,3)40-23-19-37(20-24-40)39-31-43(59-36-60(52-18-12-11-17-51(52)59)49-15-9-7-13-46(49)38-21-25-42(57)26-22-38)34-45(32-39)62-44-27-28-48-47-14-8-10-16-50(47)61(53(48)35-44)54-33-41(29-30-58-54)56(4,5)6;/h7-33,36H,1-6H3;/q-3;/i19D,20D,23D,24D;. The molecule has 0 fully saturated rings. The monoisotopic (exact) mass is 1010 g/mol. The molecule has 3 heterocycles. The Kier molecular flexibility index (Phi) is 9.61. The van der Waals surface area contributed by atoms with Gasteiger partial charge in [0.1, 0.15) is 11.6 Å². The van der Waals surface area contributed by atoms with Crippen molar-refractivity contribution in [2.24, 2.45) is 0 Å². The van der Waals surface area contributed by atoms with E-state index in [4.69, 9.17) is 12.5 Å². The third-order valence-corrected chi connectivity index (χ3v) is 11.3. The Morgan fingerprint density at radius 1 is 0.603 bits per heavy atom. The van der Waals surface area contributed by atoms with Crippen molar-refractivity contribution in [3.63, 3.8) is 0 Å². The van der Waals surface area contributed by atoms with Gasteiger partial charge in [0.25, 0.3) is 0 Å². The van der Waals surface area contributed by atoms with E-state index in [1.165, 1.54) is 12.1 Å². The molecule has 0 bridgehead atoms. The molecule has 0 spiro atoms. The maximum Gasteiger partial charge on any atom is 0.135 e. The Labute approximate surface area is 389 Å². The zero-order valence-corrected chi connectivity index (χ0v) is 38.0. The molecule has 0 saturated heterocycles. The second-order valence-corrected chi connectivity index (χ2v) is 17.7. The molecule has 5 nitrogen and oxygen atoms in total. The summed E-state index contributed by atoms with van der Waals surface area (Å²) in [6.45, 7) is 14.2. The molecule has 0 radical (unpaired) electrons. The zero-order chi connectivity index (χ0) is 46.2. The minimum atomic E-state index is -0.634. The predicted octanol–water partition coefficient (Wildman–Crippen LogP) is 15.0. The fourth-order valence-electron chi connectivity index (χ4n) is 8.04. The van der Waals surface area contributed by atoms with E-state index in [-0.39, 0.29) is 67.8 Å². The number of ether oxygens (including phenoxy) is 1. The molecule has 1 aliphatic rings. The molecule has 7 aromatic carbocycles. The van der Waals surface area contributed by atoms with Crippen LogP contribution < -0.4 is 14.5 Å². The van der Waals surface area contributed by atoms with E-state index in [2.05, 4.69) is 60.6 Å². The molecule has 1 aliphatic heterocycles. The smallest absolute Gasteiger partial charge is 0.135 e. The van der Waals surface area contributed by atoms with Gasteiger partial charge in [0.2, 0.25) is 0 Å². The molecule has 9 aromatic rings. The maximum atomic E-state index is 14.1. The van der Waals surface area contributed by atoms with Crippen LogP contribution in [0, 0.1) is 24.6 Å². The summed E-state index contributed by atoms with van der Waals surface area (Å²) in [5.41, 5.74) is 7.94. The van der Waals surface area contributed by atoms with Crippen molar-refractivity contribution in [1.29, 1.82) is 0 Å². The molecule has 7 heteroatoms. The van der Waals surface area contributed by atoms with E-state index in [1.807, 2.05) is 123 Å². The minimum absolute atomic E-state index is 0. The normalized spacial score (nSPS) is 13.6. The topological polar surface area (TPSA) is 33.5 Å². The Morgan fingerprint density at radius 2 is 1.27 bits per heavy atom. The molecular formula is C56H46FN4OPt-3. The van der Waals surface area contributed by atoms with Gasteiger partial charge in [-0.1, -0.05) is 132 Å². The largest absolute Gasteiger partial charge is 0.509 e. The summed E-state index contributed by atoms with van der Waals surface area (Å²) in [6, 6.07) is 48.8. The average Bonchev–Trinajstić information content (AvgIpc) is 3.84. The number of rotatable bonds is 7. The Balaban J connectivity index is 0.00000562. The first-order valence-corrected chi connectivity index (χ1v) is 20.7. The number of aromatic nitrogens is 2. The van der Waals surface area contributed by atoms with Gasteiger partial charge in [0, 0.05) is 66.9 Å². The molecule has 0 unspecified atom stereocenters. The first-order chi connectivity index (χ1) is 31.6. The van der Waals surface area contributed by atoms with Gasteiger partial charge in [0.05, 0.1) is 5.48 Å². The second-order valence-electron chi connectivity index (χ2n) is 17.7. The fraction of sp³-hybridized carbons (Fsp3) is 0.143. The number of benzene rings is 7. The average molecular weight is 1010 g/mol. The molecule has 0 N–H and O–H groups in total. The molecule has 63 heavy (non-hydrogen) atoms. The molecule has 0 amide bonds. The zero-order valence-electron chi connectivity index (χ0n) is 39.7. The third kappa shape index (κ3) is 7.94. The van der Waals surface area contributed by atoms with Crippen molar-refractivity contribution in [1.82, 2.24) is 9.55 Å².